The van der Waals surface area contributed by atoms with Gasteiger partial charge in [-0.25, -0.2) is 0 Å². The first-order valence-electron chi connectivity index (χ1n) is 14.0. The summed E-state index contributed by atoms with van der Waals surface area (Å²) in [6.45, 7) is 19.2. The molecule has 0 saturated heterocycles. The molecule has 39 heavy (non-hydrogen) atoms. The highest BCUT2D eigenvalue weighted by Crippen LogP contribution is 2.40. The molecular formula is C37H44O2. The van der Waals surface area contributed by atoms with Crippen LogP contribution in [0.5, 0.6) is 11.5 Å². The molecule has 2 nitrogen and oxygen atoms in total. The molecule has 0 aliphatic carbocycles. The molecule has 0 spiro atoms. The largest absolute Gasteiger partial charge is 0.507 e. The highest BCUT2D eigenvalue weighted by Gasteiger charge is 2.24. The summed E-state index contributed by atoms with van der Waals surface area (Å²) in [6.07, 6.45) is 1.25. The Balaban J connectivity index is 1.89. The molecule has 0 aromatic heterocycles. The summed E-state index contributed by atoms with van der Waals surface area (Å²) >= 11 is 0. The number of phenols is 2. The predicted molar refractivity (Wildman–Crippen MR) is 165 cm³/mol. The van der Waals surface area contributed by atoms with Crippen molar-refractivity contribution in [3.8, 4) is 22.6 Å². The molecule has 4 rings (SSSR count). The second-order valence-corrected chi connectivity index (χ2v) is 13.3. The van der Waals surface area contributed by atoms with Crippen LogP contribution in [-0.4, -0.2) is 10.2 Å². The second kappa shape index (κ2) is 10.6. The van der Waals surface area contributed by atoms with Crippen molar-refractivity contribution in [2.24, 2.45) is 0 Å². The summed E-state index contributed by atoms with van der Waals surface area (Å²) in [5.74, 6) is 0.777. The molecule has 2 heteroatoms. The van der Waals surface area contributed by atoms with E-state index < -0.39 is 0 Å². The van der Waals surface area contributed by atoms with Gasteiger partial charge in [0.25, 0.3) is 0 Å². The number of benzene rings is 4. The zero-order valence-electron chi connectivity index (χ0n) is 25.2. The average Bonchev–Trinajstić information content (AvgIpc) is 2.83. The van der Waals surface area contributed by atoms with Crippen LogP contribution in [0.2, 0.25) is 0 Å². The van der Waals surface area contributed by atoms with Crippen LogP contribution < -0.4 is 0 Å². The normalized spacial score (nSPS) is 12.1. The molecule has 0 radical (unpaired) electrons. The van der Waals surface area contributed by atoms with Crippen molar-refractivity contribution < 1.29 is 10.2 Å². The van der Waals surface area contributed by atoms with Crippen molar-refractivity contribution in [2.45, 2.75) is 86.0 Å². The lowest BCUT2D eigenvalue weighted by atomic mass is 9.81. The molecule has 0 fully saturated rings. The van der Waals surface area contributed by atoms with E-state index in [0.29, 0.717) is 24.3 Å². The summed E-state index contributed by atoms with van der Waals surface area (Å²) < 4.78 is 0. The van der Waals surface area contributed by atoms with E-state index in [2.05, 4.69) is 129 Å². The number of aromatic hydroxyl groups is 2. The van der Waals surface area contributed by atoms with Crippen LogP contribution >= 0.6 is 0 Å². The van der Waals surface area contributed by atoms with Gasteiger partial charge >= 0.3 is 0 Å². The van der Waals surface area contributed by atoms with Crippen LogP contribution in [0.25, 0.3) is 11.1 Å². The molecule has 0 unspecified atom stereocenters. The zero-order chi connectivity index (χ0) is 28.7. The zero-order valence-corrected chi connectivity index (χ0v) is 25.2. The summed E-state index contributed by atoms with van der Waals surface area (Å²) in [5.41, 5.74) is 11.7. The molecule has 0 aliphatic rings. The van der Waals surface area contributed by atoms with E-state index in [1.165, 1.54) is 22.3 Å². The highest BCUT2D eigenvalue weighted by atomic mass is 16.3. The maximum absolute atomic E-state index is 11.4. The third-order valence-corrected chi connectivity index (χ3v) is 7.62. The first-order valence-corrected chi connectivity index (χ1v) is 14.0. The van der Waals surface area contributed by atoms with E-state index in [1.54, 1.807) is 0 Å². The lowest BCUT2D eigenvalue weighted by Gasteiger charge is -2.24. The molecule has 2 N–H and O–H groups in total. The Labute approximate surface area is 235 Å². The molecule has 4 aromatic rings. The van der Waals surface area contributed by atoms with Gasteiger partial charge < -0.3 is 10.2 Å². The van der Waals surface area contributed by atoms with Crippen LogP contribution in [-0.2, 0) is 23.7 Å². The highest BCUT2D eigenvalue weighted by molar-refractivity contribution is 5.73. The SMILES string of the molecule is Cc1ccc(-c2c(Cc3cc(C)cc(C(C)(C)C)c3O)cccc2Cc2cc(C)cc(C(C)(C)C)c2O)cc1. The van der Waals surface area contributed by atoms with Crippen molar-refractivity contribution in [3.05, 3.63) is 117 Å². The molecule has 204 valence electrons. The first-order chi connectivity index (χ1) is 18.1. The standard InChI is InChI=1S/C37H44O2/c1-23-13-15-26(16-14-23)33-27(21-29-17-24(2)19-31(34(29)38)36(4,5)6)11-10-12-28(33)22-30-18-25(3)20-32(35(30)39)37(7,8)9/h10-20,38-39H,21-22H2,1-9H3. The van der Waals surface area contributed by atoms with Gasteiger partial charge in [-0.15, -0.1) is 0 Å². The smallest absolute Gasteiger partial charge is 0.122 e. The Morgan fingerprint density at radius 1 is 0.513 bits per heavy atom. The molecular weight excluding hydrogens is 476 g/mol. The summed E-state index contributed by atoms with van der Waals surface area (Å²) in [4.78, 5) is 0. The van der Waals surface area contributed by atoms with Crippen molar-refractivity contribution in [1.82, 2.24) is 0 Å². The number of aryl methyl sites for hydroxylation is 3. The van der Waals surface area contributed by atoms with Gasteiger partial charge in [0.05, 0.1) is 0 Å². The predicted octanol–water partition coefficient (Wildman–Crippen LogP) is 9.47. The van der Waals surface area contributed by atoms with E-state index in [1.807, 2.05) is 0 Å². The Hall–Kier alpha value is -3.52. The molecule has 0 amide bonds. The summed E-state index contributed by atoms with van der Waals surface area (Å²) in [7, 11) is 0. The van der Waals surface area contributed by atoms with Crippen LogP contribution in [0.1, 0.15) is 91.6 Å². The van der Waals surface area contributed by atoms with Crippen LogP contribution in [0.4, 0.5) is 0 Å². The maximum atomic E-state index is 11.4. The van der Waals surface area contributed by atoms with Crippen molar-refractivity contribution in [1.29, 1.82) is 0 Å². The molecule has 0 aliphatic heterocycles. The Bertz CT molecular complexity index is 1400. The quantitative estimate of drug-likeness (QED) is 0.275. The van der Waals surface area contributed by atoms with Gasteiger partial charge in [-0.05, 0) is 76.1 Å². The van der Waals surface area contributed by atoms with Gasteiger partial charge in [-0.3, -0.25) is 0 Å². The summed E-state index contributed by atoms with van der Waals surface area (Å²) in [6, 6.07) is 23.6. The van der Waals surface area contributed by atoms with Crippen LogP contribution in [0.15, 0.2) is 66.7 Å². The van der Waals surface area contributed by atoms with Gasteiger partial charge in [0.2, 0.25) is 0 Å². The van der Waals surface area contributed by atoms with Crippen LogP contribution in [0.3, 0.4) is 0 Å². The molecule has 0 bridgehead atoms. The minimum absolute atomic E-state index is 0.153. The molecule has 0 saturated carbocycles. The minimum atomic E-state index is -0.153. The van der Waals surface area contributed by atoms with E-state index in [-0.39, 0.29) is 10.8 Å². The fourth-order valence-electron chi connectivity index (χ4n) is 5.57. The molecule has 0 atom stereocenters. The van der Waals surface area contributed by atoms with E-state index in [9.17, 15) is 10.2 Å². The number of hydrogen-bond acceptors (Lipinski definition) is 2. The van der Waals surface area contributed by atoms with Crippen LogP contribution in [0, 0.1) is 20.8 Å². The second-order valence-electron chi connectivity index (χ2n) is 13.3. The van der Waals surface area contributed by atoms with Gasteiger partial charge in [0.1, 0.15) is 11.5 Å². The first kappa shape index (κ1) is 28.5. The fraction of sp³-hybridized carbons (Fsp3) is 0.351. The Morgan fingerprint density at radius 3 is 1.31 bits per heavy atom. The lowest BCUT2D eigenvalue weighted by Crippen LogP contribution is -2.13. The average molecular weight is 521 g/mol. The number of phenolic OH excluding ortho intramolecular Hbond substituents is 2. The third-order valence-electron chi connectivity index (χ3n) is 7.62. The minimum Gasteiger partial charge on any atom is -0.507 e. The fourth-order valence-corrected chi connectivity index (χ4v) is 5.57. The van der Waals surface area contributed by atoms with E-state index in [0.717, 1.165) is 38.9 Å². The van der Waals surface area contributed by atoms with Crippen molar-refractivity contribution in [2.75, 3.05) is 0 Å². The van der Waals surface area contributed by atoms with Gasteiger partial charge in [0.15, 0.2) is 0 Å². The third kappa shape index (κ3) is 6.22. The molecule has 4 aromatic carbocycles. The van der Waals surface area contributed by atoms with E-state index >= 15 is 0 Å². The monoisotopic (exact) mass is 520 g/mol. The van der Waals surface area contributed by atoms with Gasteiger partial charge in [-0.2, -0.15) is 0 Å². The Morgan fingerprint density at radius 2 is 0.923 bits per heavy atom. The number of hydrogen-bond donors (Lipinski definition) is 2. The van der Waals surface area contributed by atoms with Gasteiger partial charge in [-0.1, -0.05) is 125 Å². The van der Waals surface area contributed by atoms with Crippen molar-refractivity contribution in [3.63, 3.8) is 0 Å². The number of rotatable bonds is 5. The topological polar surface area (TPSA) is 40.5 Å². The Kier molecular flexibility index (Phi) is 7.72. The lowest BCUT2D eigenvalue weighted by molar-refractivity contribution is 0.440. The maximum Gasteiger partial charge on any atom is 0.122 e. The summed E-state index contributed by atoms with van der Waals surface area (Å²) in [5, 5.41) is 22.7. The van der Waals surface area contributed by atoms with E-state index in [4.69, 9.17) is 0 Å². The van der Waals surface area contributed by atoms with Crippen molar-refractivity contribution >= 4 is 0 Å². The molecule has 0 heterocycles. The van der Waals surface area contributed by atoms with Gasteiger partial charge in [0, 0.05) is 12.8 Å².